The number of thiazole rings is 1. The van der Waals surface area contributed by atoms with E-state index in [9.17, 15) is 4.79 Å². The zero-order valence-corrected chi connectivity index (χ0v) is 15.5. The molecule has 1 aliphatic rings. The fraction of sp³-hybridized carbons (Fsp3) is 0.647. The maximum atomic E-state index is 12.0. The van der Waals surface area contributed by atoms with Gasteiger partial charge in [0.2, 0.25) is 11.8 Å². The molecule has 0 fully saturated rings. The number of methoxy groups -OCH3 is 1. The number of fused-ring (bicyclic) bond motifs is 1. The third-order valence-corrected chi connectivity index (χ3v) is 5.54. The quantitative estimate of drug-likeness (QED) is 0.773. The second-order valence-electron chi connectivity index (χ2n) is 6.21. The van der Waals surface area contributed by atoms with E-state index in [1.54, 1.807) is 18.4 Å². The summed E-state index contributed by atoms with van der Waals surface area (Å²) in [5, 5.41) is 7.91. The van der Waals surface area contributed by atoms with Gasteiger partial charge in [-0.3, -0.25) is 4.79 Å². The highest BCUT2D eigenvalue weighted by atomic mass is 32.1. The molecule has 3 rings (SSSR count). The molecule has 0 radical (unpaired) electrons. The summed E-state index contributed by atoms with van der Waals surface area (Å²) in [6.45, 7) is 2.46. The van der Waals surface area contributed by atoms with Crippen molar-refractivity contribution >= 4 is 17.2 Å². The molecule has 0 saturated carbocycles. The number of nitrogens with zero attached hydrogens (tertiary/aromatic N) is 3. The van der Waals surface area contributed by atoms with Gasteiger partial charge in [-0.05, 0) is 32.6 Å². The molecule has 1 N–H and O–H groups in total. The van der Waals surface area contributed by atoms with Crippen LogP contribution in [0, 0.1) is 0 Å². The van der Waals surface area contributed by atoms with Crippen molar-refractivity contribution in [2.45, 2.75) is 58.0 Å². The van der Waals surface area contributed by atoms with Gasteiger partial charge in [0.1, 0.15) is 6.10 Å². The van der Waals surface area contributed by atoms with Crippen LogP contribution in [0.15, 0.2) is 4.52 Å². The summed E-state index contributed by atoms with van der Waals surface area (Å²) in [5.74, 6) is 0.952. The summed E-state index contributed by atoms with van der Waals surface area (Å²) < 4.78 is 10.3. The first kappa shape index (κ1) is 18.0. The molecule has 2 heterocycles. The van der Waals surface area contributed by atoms with Crippen molar-refractivity contribution in [3.63, 3.8) is 0 Å². The summed E-state index contributed by atoms with van der Waals surface area (Å²) in [7, 11) is 1.59. The van der Waals surface area contributed by atoms with Crippen LogP contribution in [0.1, 0.15) is 59.6 Å². The molecule has 1 atom stereocenters. The fourth-order valence-corrected chi connectivity index (χ4v) is 3.93. The Morgan fingerprint density at radius 1 is 1.32 bits per heavy atom. The van der Waals surface area contributed by atoms with Gasteiger partial charge in [-0.2, -0.15) is 4.98 Å². The predicted molar refractivity (Wildman–Crippen MR) is 93.5 cm³/mol. The van der Waals surface area contributed by atoms with Crippen LogP contribution in [0.3, 0.4) is 0 Å². The van der Waals surface area contributed by atoms with Crippen molar-refractivity contribution in [3.8, 4) is 0 Å². The first-order chi connectivity index (χ1) is 12.2. The predicted octanol–water partition coefficient (Wildman–Crippen LogP) is 2.40. The highest BCUT2D eigenvalue weighted by Gasteiger charge is 2.16. The Morgan fingerprint density at radius 2 is 2.16 bits per heavy atom. The smallest absolute Gasteiger partial charge is 0.227 e. The highest BCUT2D eigenvalue weighted by Crippen LogP contribution is 2.26. The topological polar surface area (TPSA) is 90.1 Å². The Bertz CT molecular complexity index is 689. The van der Waals surface area contributed by atoms with Crippen LogP contribution in [-0.2, 0) is 35.2 Å². The number of ether oxygens (including phenoxy) is 1. The van der Waals surface area contributed by atoms with E-state index in [4.69, 9.17) is 14.2 Å². The summed E-state index contributed by atoms with van der Waals surface area (Å²) >= 11 is 1.80. The van der Waals surface area contributed by atoms with Gasteiger partial charge in [0.25, 0.3) is 0 Å². The molecular weight excluding hydrogens is 340 g/mol. The lowest BCUT2D eigenvalue weighted by Gasteiger charge is -2.06. The normalized spacial score (nSPS) is 15.0. The molecule has 0 saturated heterocycles. The lowest BCUT2D eigenvalue weighted by molar-refractivity contribution is -0.121. The van der Waals surface area contributed by atoms with Crippen LogP contribution in [0.2, 0.25) is 0 Å². The van der Waals surface area contributed by atoms with E-state index in [-0.39, 0.29) is 12.0 Å². The van der Waals surface area contributed by atoms with E-state index in [1.165, 1.54) is 23.4 Å². The molecule has 25 heavy (non-hydrogen) atoms. The highest BCUT2D eigenvalue weighted by molar-refractivity contribution is 7.11. The van der Waals surface area contributed by atoms with Crippen molar-refractivity contribution in [3.05, 3.63) is 27.3 Å². The molecule has 0 bridgehead atoms. The Hall–Kier alpha value is -1.80. The maximum absolute atomic E-state index is 12.0. The van der Waals surface area contributed by atoms with E-state index in [2.05, 4.69) is 15.5 Å². The standard InChI is InChI=1S/C17H24N4O3S/c1-11(23-2)17-20-15(24-21-17)8-7-14(22)18-10-9-16-19-12-5-3-4-6-13(12)25-16/h11H,3-10H2,1-2H3,(H,18,22). The van der Waals surface area contributed by atoms with Crippen LogP contribution in [-0.4, -0.2) is 34.7 Å². The van der Waals surface area contributed by atoms with Gasteiger partial charge in [0, 0.05) is 37.8 Å². The summed E-state index contributed by atoms with van der Waals surface area (Å²) in [6, 6.07) is 0. The number of aromatic nitrogens is 3. The SMILES string of the molecule is COC(C)c1noc(CCC(=O)NCCc2nc3c(s2)CCCC3)n1. The van der Waals surface area contributed by atoms with Crippen molar-refractivity contribution in [1.82, 2.24) is 20.4 Å². The zero-order chi connectivity index (χ0) is 17.6. The molecule has 0 spiro atoms. The number of hydrogen-bond donors (Lipinski definition) is 1. The molecule has 2 aromatic heterocycles. The summed E-state index contributed by atoms with van der Waals surface area (Å²) in [4.78, 5) is 22.3. The number of carbonyl (C=O) groups is 1. The molecule has 136 valence electrons. The Labute approximate surface area is 151 Å². The third-order valence-electron chi connectivity index (χ3n) is 4.32. The largest absolute Gasteiger partial charge is 0.374 e. The zero-order valence-electron chi connectivity index (χ0n) is 14.7. The maximum Gasteiger partial charge on any atom is 0.227 e. The molecule has 7 nitrogen and oxygen atoms in total. The first-order valence-electron chi connectivity index (χ1n) is 8.75. The average Bonchev–Trinajstić information content (AvgIpc) is 3.25. The van der Waals surface area contributed by atoms with Crippen LogP contribution in [0.5, 0.6) is 0 Å². The molecule has 1 amide bonds. The molecule has 0 aromatic carbocycles. The monoisotopic (exact) mass is 364 g/mol. The van der Waals surface area contributed by atoms with Gasteiger partial charge < -0.3 is 14.6 Å². The van der Waals surface area contributed by atoms with E-state index < -0.39 is 0 Å². The molecule has 8 heteroatoms. The van der Waals surface area contributed by atoms with Crippen molar-refractivity contribution in [1.29, 1.82) is 0 Å². The molecule has 1 unspecified atom stereocenters. The second kappa shape index (κ2) is 8.53. The average molecular weight is 364 g/mol. The van der Waals surface area contributed by atoms with Crippen LogP contribution in [0.25, 0.3) is 0 Å². The Balaban J connectivity index is 1.38. The molecule has 2 aromatic rings. The number of rotatable bonds is 8. The molecule has 1 aliphatic carbocycles. The number of amides is 1. The van der Waals surface area contributed by atoms with Gasteiger partial charge in [0.05, 0.1) is 10.7 Å². The van der Waals surface area contributed by atoms with Crippen LogP contribution >= 0.6 is 11.3 Å². The third kappa shape index (κ3) is 4.85. The van der Waals surface area contributed by atoms with E-state index in [1.807, 2.05) is 6.92 Å². The molecule has 0 aliphatic heterocycles. The van der Waals surface area contributed by atoms with Gasteiger partial charge in [-0.25, -0.2) is 4.98 Å². The number of nitrogens with one attached hydrogen (secondary N) is 1. The van der Waals surface area contributed by atoms with Crippen molar-refractivity contribution < 1.29 is 14.1 Å². The summed E-state index contributed by atoms with van der Waals surface area (Å²) in [5.41, 5.74) is 1.27. The van der Waals surface area contributed by atoms with Crippen molar-refractivity contribution in [2.75, 3.05) is 13.7 Å². The minimum atomic E-state index is -0.213. The first-order valence-corrected chi connectivity index (χ1v) is 9.56. The molecular formula is C17H24N4O3S. The Kier molecular flexibility index (Phi) is 6.14. The van der Waals surface area contributed by atoms with Gasteiger partial charge >= 0.3 is 0 Å². The number of hydrogen-bond acceptors (Lipinski definition) is 7. The van der Waals surface area contributed by atoms with Crippen molar-refractivity contribution in [2.24, 2.45) is 0 Å². The Morgan fingerprint density at radius 3 is 2.96 bits per heavy atom. The number of carbonyl (C=O) groups excluding carboxylic acids is 1. The minimum Gasteiger partial charge on any atom is -0.374 e. The lowest BCUT2D eigenvalue weighted by Crippen LogP contribution is -2.25. The van der Waals surface area contributed by atoms with Gasteiger partial charge in [-0.15, -0.1) is 11.3 Å². The van der Waals surface area contributed by atoms with E-state index in [0.29, 0.717) is 31.1 Å². The number of aryl methyl sites for hydroxylation is 3. The summed E-state index contributed by atoms with van der Waals surface area (Å²) in [6.07, 6.45) is 6.12. The minimum absolute atomic E-state index is 0.0131. The van der Waals surface area contributed by atoms with Crippen LogP contribution < -0.4 is 5.32 Å². The van der Waals surface area contributed by atoms with Crippen LogP contribution in [0.4, 0.5) is 0 Å². The van der Waals surface area contributed by atoms with Gasteiger partial charge in [-0.1, -0.05) is 5.16 Å². The van der Waals surface area contributed by atoms with E-state index in [0.717, 1.165) is 24.3 Å². The van der Waals surface area contributed by atoms with E-state index >= 15 is 0 Å². The fourth-order valence-electron chi connectivity index (χ4n) is 2.77. The van der Waals surface area contributed by atoms with Gasteiger partial charge in [0.15, 0.2) is 5.82 Å². The lowest BCUT2D eigenvalue weighted by atomic mass is 10.0. The second-order valence-corrected chi connectivity index (χ2v) is 7.38.